The zero-order valence-electron chi connectivity index (χ0n) is 6.77. The first-order valence-electron chi connectivity index (χ1n) is 3.54. The van der Waals surface area contributed by atoms with Gasteiger partial charge in [0.05, 0.1) is 15.9 Å². The highest BCUT2D eigenvalue weighted by Crippen LogP contribution is 2.28. The van der Waals surface area contributed by atoms with Crippen molar-refractivity contribution in [3.05, 3.63) is 15.0 Å². The zero-order chi connectivity index (χ0) is 10.0. The molecule has 0 saturated carbocycles. The van der Waals surface area contributed by atoms with E-state index in [1.54, 1.807) is 0 Å². The number of carboxylic acids is 1. The molecule has 0 aliphatic carbocycles. The molecular weight excluding hydrogens is 258 g/mol. The van der Waals surface area contributed by atoms with Gasteiger partial charge < -0.3 is 10.2 Å². The first-order chi connectivity index (χ1) is 6.02. The molecule has 13 heavy (non-hydrogen) atoms. The van der Waals surface area contributed by atoms with E-state index in [1.807, 2.05) is 0 Å². The lowest BCUT2D eigenvalue weighted by molar-refractivity contribution is -0.145. The Kier molecular flexibility index (Phi) is 3.40. The number of aliphatic hydroxyl groups is 1. The number of hydrogen-bond donors (Lipinski definition) is 2. The van der Waals surface area contributed by atoms with Crippen molar-refractivity contribution in [2.75, 3.05) is 0 Å². The van der Waals surface area contributed by atoms with Gasteiger partial charge in [-0.15, -0.1) is 11.3 Å². The molecule has 2 atom stereocenters. The maximum absolute atomic E-state index is 10.5. The van der Waals surface area contributed by atoms with E-state index in [0.717, 1.165) is 3.79 Å². The normalized spacial score (nSPS) is 15.3. The SMILES string of the molecule is CC(C(=O)O)C(O)c1ncc(Br)s1. The number of aromatic nitrogens is 1. The van der Waals surface area contributed by atoms with Crippen molar-refractivity contribution in [3.63, 3.8) is 0 Å². The second-order valence-corrected chi connectivity index (χ2v) is 5.02. The summed E-state index contributed by atoms with van der Waals surface area (Å²) in [6.07, 6.45) is 0.506. The maximum atomic E-state index is 10.5. The van der Waals surface area contributed by atoms with E-state index < -0.39 is 18.0 Å². The monoisotopic (exact) mass is 265 g/mol. The van der Waals surface area contributed by atoms with Crippen molar-refractivity contribution >= 4 is 33.2 Å². The summed E-state index contributed by atoms with van der Waals surface area (Å²) >= 11 is 4.42. The van der Waals surface area contributed by atoms with Crippen molar-refractivity contribution in [2.45, 2.75) is 13.0 Å². The minimum Gasteiger partial charge on any atom is -0.481 e. The minimum absolute atomic E-state index is 0.418. The van der Waals surface area contributed by atoms with E-state index >= 15 is 0 Å². The number of carbonyl (C=O) groups is 1. The molecule has 0 aliphatic rings. The molecule has 1 aromatic rings. The summed E-state index contributed by atoms with van der Waals surface area (Å²) < 4.78 is 0.777. The molecule has 0 aliphatic heterocycles. The van der Waals surface area contributed by atoms with Crippen LogP contribution in [0.15, 0.2) is 9.98 Å². The number of aliphatic carboxylic acids is 1. The molecular formula is C7H8BrNO3S. The summed E-state index contributed by atoms with van der Waals surface area (Å²) in [6, 6.07) is 0. The van der Waals surface area contributed by atoms with E-state index in [2.05, 4.69) is 20.9 Å². The van der Waals surface area contributed by atoms with Crippen LogP contribution in [0, 0.1) is 5.92 Å². The molecule has 0 fully saturated rings. The minimum atomic E-state index is -1.03. The number of hydrogen-bond acceptors (Lipinski definition) is 4. The van der Waals surface area contributed by atoms with Gasteiger partial charge in [-0.05, 0) is 22.9 Å². The first-order valence-corrected chi connectivity index (χ1v) is 5.15. The number of nitrogens with zero attached hydrogens (tertiary/aromatic N) is 1. The summed E-state index contributed by atoms with van der Waals surface area (Å²) in [5, 5.41) is 18.6. The quantitative estimate of drug-likeness (QED) is 0.872. The Morgan fingerprint density at radius 2 is 2.38 bits per heavy atom. The van der Waals surface area contributed by atoms with Gasteiger partial charge in [0.25, 0.3) is 0 Å². The molecule has 72 valence electrons. The average Bonchev–Trinajstić information content (AvgIpc) is 2.49. The van der Waals surface area contributed by atoms with Crippen LogP contribution in [0.2, 0.25) is 0 Å². The van der Waals surface area contributed by atoms with E-state index in [9.17, 15) is 9.90 Å². The topological polar surface area (TPSA) is 70.4 Å². The third-order valence-corrected chi connectivity index (χ3v) is 3.16. The van der Waals surface area contributed by atoms with E-state index in [0.29, 0.717) is 5.01 Å². The smallest absolute Gasteiger partial charge is 0.309 e. The van der Waals surface area contributed by atoms with Crippen molar-refractivity contribution in [1.82, 2.24) is 4.98 Å². The molecule has 6 heteroatoms. The molecule has 2 N–H and O–H groups in total. The van der Waals surface area contributed by atoms with E-state index in [1.165, 1.54) is 24.5 Å². The largest absolute Gasteiger partial charge is 0.481 e. The highest BCUT2D eigenvalue weighted by molar-refractivity contribution is 9.11. The summed E-state index contributed by atoms with van der Waals surface area (Å²) in [5.41, 5.74) is 0. The number of aliphatic hydroxyl groups excluding tert-OH is 1. The van der Waals surface area contributed by atoms with Crippen molar-refractivity contribution in [3.8, 4) is 0 Å². The van der Waals surface area contributed by atoms with Gasteiger partial charge in [0.15, 0.2) is 0 Å². The lowest BCUT2D eigenvalue weighted by Gasteiger charge is -2.11. The molecule has 0 bridgehead atoms. The van der Waals surface area contributed by atoms with E-state index in [4.69, 9.17) is 5.11 Å². The van der Waals surface area contributed by atoms with Gasteiger partial charge in [0.2, 0.25) is 0 Å². The van der Waals surface area contributed by atoms with Crippen molar-refractivity contribution in [1.29, 1.82) is 0 Å². The van der Waals surface area contributed by atoms with Gasteiger partial charge in [0.1, 0.15) is 11.1 Å². The number of rotatable bonds is 3. The lowest BCUT2D eigenvalue weighted by atomic mass is 10.1. The molecule has 1 heterocycles. The first kappa shape index (κ1) is 10.6. The van der Waals surface area contributed by atoms with Gasteiger partial charge in [-0.3, -0.25) is 4.79 Å². The van der Waals surface area contributed by atoms with Crippen LogP contribution in [0.3, 0.4) is 0 Å². The maximum Gasteiger partial charge on any atom is 0.309 e. The molecule has 0 radical (unpaired) electrons. The summed E-state index contributed by atoms with van der Waals surface area (Å²) in [6.45, 7) is 1.45. The number of halogens is 1. The van der Waals surface area contributed by atoms with Crippen LogP contribution < -0.4 is 0 Å². The standard InChI is InChI=1S/C7H8BrNO3S/c1-3(7(11)12)5(10)6-9-2-4(8)13-6/h2-3,5,10H,1H3,(H,11,12). The third-order valence-electron chi connectivity index (χ3n) is 1.61. The molecule has 0 aromatic carbocycles. The van der Waals surface area contributed by atoms with Crippen LogP contribution >= 0.6 is 27.3 Å². The Morgan fingerprint density at radius 3 is 2.77 bits per heavy atom. The Bertz CT molecular complexity index is 314. The molecule has 1 aromatic heterocycles. The Balaban J connectivity index is 2.78. The highest BCUT2D eigenvalue weighted by Gasteiger charge is 2.25. The van der Waals surface area contributed by atoms with E-state index in [-0.39, 0.29) is 0 Å². The van der Waals surface area contributed by atoms with Gasteiger partial charge >= 0.3 is 5.97 Å². The van der Waals surface area contributed by atoms with Gasteiger partial charge in [0, 0.05) is 0 Å². The fourth-order valence-corrected chi connectivity index (χ4v) is 2.09. The van der Waals surface area contributed by atoms with Crippen LogP contribution in [-0.2, 0) is 4.79 Å². The summed E-state index contributed by atoms with van der Waals surface area (Å²) in [7, 11) is 0. The van der Waals surface area contributed by atoms with Crippen LogP contribution in [0.4, 0.5) is 0 Å². The predicted octanol–water partition coefficient (Wildman–Crippen LogP) is 1.66. The molecule has 2 unspecified atom stereocenters. The fourth-order valence-electron chi connectivity index (χ4n) is 0.753. The zero-order valence-corrected chi connectivity index (χ0v) is 9.17. The second-order valence-electron chi connectivity index (χ2n) is 2.57. The van der Waals surface area contributed by atoms with Crippen LogP contribution in [-0.4, -0.2) is 21.2 Å². The molecule has 4 nitrogen and oxygen atoms in total. The molecule has 0 amide bonds. The molecule has 1 rings (SSSR count). The fraction of sp³-hybridized carbons (Fsp3) is 0.429. The van der Waals surface area contributed by atoms with Gasteiger partial charge in [-0.1, -0.05) is 0 Å². The Labute approximate surface area is 87.4 Å². The van der Waals surface area contributed by atoms with Crippen LogP contribution in [0.5, 0.6) is 0 Å². The predicted molar refractivity (Wildman–Crippen MR) is 51.6 cm³/mol. The average molecular weight is 266 g/mol. The summed E-state index contributed by atoms with van der Waals surface area (Å²) in [5.74, 6) is -1.86. The summed E-state index contributed by atoms with van der Waals surface area (Å²) in [4.78, 5) is 14.4. The van der Waals surface area contributed by atoms with Crippen molar-refractivity contribution < 1.29 is 15.0 Å². The number of thiazole rings is 1. The van der Waals surface area contributed by atoms with Crippen LogP contribution in [0.1, 0.15) is 18.0 Å². The van der Waals surface area contributed by atoms with Crippen LogP contribution in [0.25, 0.3) is 0 Å². The van der Waals surface area contributed by atoms with Crippen molar-refractivity contribution in [2.24, 2.45) is 5.92 Å². The van der Waals surface area contributed by atoms with Gasteiger partial charge in [-0.25, -0.2) is 4.98 Å². The number of carboxylic acid groups (broad SMARTS) is 1. The Morgan fingerprint density at radius 1 is 1.77 bits per heavy atom. The molecule has 0 spiro atoms. The Hall–Kier alpha value is -0.460. The second kappa shape index (κ2) is 4.17. The molecule has 0 saturated heterocycles. The third kappa shape index (κ3) is 2.49. The highest BCUT2D eigenvalue weighted by atomic mass is 79.9. The van der Waals surface area contributed by atoms with Gasteiger partial charge in [-0.2, -0.15) is 0 Å². The lowest BCUT2D eigenvalue weighted by Crippen LogP contribution is -2.18.